The lowest BCUT2D eigenvalue weighted by Crippen LogP contribution is -2.43. The fourth-order valence-electron chi connectivity index (χ4n) is 3.24. The number of carbonyl (C=O) groups is 2. The van der Waals surface area contributed by atoms with Gasteiger partial charge in [-0.1, -0.05) is 52.3 Å². The van der Waals surface area contributed by atoms with Gasteiger partial charge in [0.1, 0.15) is 12.4 Å². The Morgan fingerprint density at radius 2 is 1.73 bits per heavy atom. The van der Waals surface area contributed by atoms with E-state index in [4.69, 9.17) is 16.7 Å². The molecule has 0 spiro atoms. The highest BCUT2D eigenvalue weighted by atomic mass is 35.5. The van der Waals surface area contributed by atoms with E-state index in [-0.39, 0.29) is 35.4 Å². The molecule has 2 rings (SSSR count). The van der Waals surface area contributed by atoms with E-state index in [0.29, 0.717) is 23.1 Å². The summed E-state index contributed by atoms with van der Waals surface area (Å²) in [5.74, 6) is 0.531. The first-order chi connectivity index (χ1) is 15.1. The first-order valence-electron chi connectivity index (χ1n) is 11.3. The molecule has 182 valence electrons. The van der Waals surface area contributed by atoms with Crippen LogP contribution in [0.15, 0.2) is 24.3 Å². The van der Waals surface area contributed by atoms with Crippen LogP contribution in [0.25, 0.3) is 0 Å². The SMILES string of the molecule is Cc1ccc(NC(=O)N(CC(=O)Nc2cc(C(C)(C)C)nn2C(C)(C)C)CC(C)C)cc1Cl. The third kappa shape index (κ3) is 7.49. The maximum absolute atomic E-state index is 13.0. The molecule has 0 bridgehead atoms. The number of nitrogens with one attached hydrogen (secondary N) is 2. The molecule has 1 aromatic carbocycles. The molecule has 0 unspecified atom stereocenters. The Kier molecular flexibility index (Phi) is 8.22. The predicted octanol–water partition coefficient (Wildman–Crippen LogP) is 6.03. The molecule has 0 radical (unpaired) electrons. The van der Waals surface area contributed by atoms with Crippen molar-refractivity contribution in [1.82, 2.24) is 14.7 Å². The van der Waals surface area contributed by atoms with Crippen molar-refractivity contribution in [3.05, 3.63) is 40.5 Å². The van der Waals surface area contributed by atoms with Crippen molar-refractivity contribution in [2.75, 3.05) is 23.7 Å². The van der Waals surface area contributed by atoms with Gasteiger partial charge in [0.25, 0.3) is 0 Å². The van der Waals surface area contributed by atoms with Crippen molar-refractivity contribution in [3.8, 4) is 0 Å². The van der Waals surface area contributed by atoms with E-state index >= 15 is 0 Å². The smallest absolute Gasteiger partial charge is 0.315 e. The molecular weight excluding hydrogens is 438 g/mol. The van der Waals surface area contributed by atoms with Crippen LogP contribution in [-0.4, -0.2) is 39.7 Å². The lowest BCUT2D eigenvalue weighted by molar-refractivity contribution is -0.116. The first-order valence-corrected chi connectivity index (χ1v) is 11.7. The summed E-state index contributed by atoms with van der Waals surface area (Å²) in [6.07, 6.45) is 0. The zero-order valence-electron chi connectivity index (χ0n) is 21.3. The number of aromatic nitrogens is 2. The zero-order valence-corrected chi connectivity index (χ0v) is 22.1. The molecule has 0 atom stereocenters. The lowest BCUT2D eigenvalue weighted by atomic mass is 9.92. The minimum atomic E-state index is -0.349. The molecule has 8 heteroatoms. The van der Waals surface area contributed by atoms with E-state index in [9.17, 15) is 9.59 Å². The monoisotopic (exact) mass is 475 g/mol. The average molecular weight is 476 g/mol. The summed E-state index contributed by atoms with van der Waals surface area (Å²) < 4.78 is 1.83. The maximum atomic E-state index is 13.0. The van der Waals surface area contributed by atoms with Crippen molar-refractivity contribution >= 4 is 35.0 Å². The second-order valence-corrected chi connectivity index (χ2v) is 11.4. The van der Waals surface area contributed by atoms with Crippen molar-refractivity contribution in [3.63, 3.8) is 0 Å². The number of carbonyl (C=O) groups excluding carboxylic acids is 2. The number of nitrogens with zero attached hydrogens (tertiary/aromatic N) is 3. The van der Waals surface area contributed by atoms with Crippen LogP contribution < -0.4 is 10.6 Å². The van der Waals surface area contributed by atoms with E-state index in [0.717, 1.165) is 11.3 Å². The Hall–Kier alpha value is -2.54. The molecule has 2 N–H and O–H groups in total. The molecule has 33 heavy (non-hydrogen) atoms. The third-order valence-corrected chi connectivity index (χ3v) is 5.42. The van der Waals surface area contributed by atoms with Gasteiger partial charge in [-0.05, 0) is 51.3 Å². The standard InChI is InChI=1S/C25H38ClN5O2/c1-16(2)14-30(23(33)27-18-11-10-17(3)19(26)12-18)15-22(32)28-21-13-20(24(4,5)6)29-31(21)25(7,8)9/h10-13,16H,14-15H2,1-9H3,(H,27,33)(H,28,32). The summed E-state index contributed by atoms with van der Waals surface area (Å²) in [5.41, 5.74) is 1.94. The summed E-state index contributed by atoms with van der Waals surface area (Å²) in [5, 5.41) is 11.1. The maximum Gasteiger partial charge on any atom is 0.322 e. The Balaban J connectivity index is 2.21. The molecule has 0 aliphatic carbocycles. The number of amides is 3. The topological polar surface area (TPSA) is 79.3 Å². The highest BCUT2D eigenvalue weighted by Gasteiger charge is 2.27. The molecule has 0 aliphatic heterocycles. The highest BCUT2D eigenvalue weighted by molar-refractivity contribution is 6.31. The summed E-state index contributed by atoms with van der Waals surface area (Å²) >= 11 is 6.18. The summed E-state index contributed by atoms with van der Waals surface area (Å²) in [6, 6.07) is 6.90. The molecule has 1 aromatic heterocycles. The van der Waals surface area contributed by atoms with Gasteiger partial charge in [0.15, 0.2) is 0 Å². The van der Waals surface area contributed by atoms with Crippen LogP contribution in [0.4, 0.5) is 16.3 Å². The van der Waals surface area contributed by atoms with Gasteiger partial charge in [0.05, 0.1) is 11.2 Å². The van der Waals surface area contributed by atoms with Gasteiger partial charge >= 0.3 is 6.03 Å². The zero-order chi connectivity index (χ0) is 25.1. The Bertz CT molecular complexity index is 999. The number of anilines is 2. The molecule has 0 saturated heterocycles. The van der Waals surface area contributed by atoms with E-state index in [1.165, 1.54) is 4.90 Å². The van der Waals surface area contributed by atoms with Crippen LogP contribution in [0, 0.1) is 12.8 Å². The minimum Gasteiger partial charge on any atom is -0.315 e. The molecule has 7 nitrogen and oxygen atoms in total. The van der Waals surface area contributed by atoms with Gasteiger partial charge in [-0.2, -0.15) is 5.10 Å². The predicted molar refractivity (Wildman–Crippen MR) is 136 cm³/mol. The van der Waals surface area contributed by atoms with E-state index in [1.807, 2.05) is 58.4 Å². The molecule has 0 saturated carbocycles. The Labute approximate surface area is 202 Å². The number of urea groups is 1. The normalized spacial score (nSPS) is 12.1. The van der Waals surface area contributed by atoms with Gasteiger partial charge < -0.3 is 15.5 Å². The van der Waals surface area contributed by atoms with E-state index < -0.39 is 0 Å². The van der Waals surface area contributed by atoms with Crippen LogP contribution in [0.2, 0.25) is 5.02 Å². The van der Waals surface area contributed by atoms with Crippen LogP contribution in [0.1, 0.15) is 66.6 Å². The Morgan fingerprint density at radius 3 is 2.24 bits per heavy atom. The van der Waals surface area contributed by atoms with Crippen LogP contribution in [0.5, 0.6) is 0 Å². The van der Waals surface area contributed by atoms with Crippen LogP contribution in [-0.2, 0) is 15.7 Å². The average Bonchev–Trinajstić information content (AvgIpc) is 3.08. The van der Waals surface area contributed by atoms with Crippen molar-refractivity contribution < 1.29 is 9.59 Å². The van der Waals surface area contributed by atoms with Crippen LogP contribution in [0.3, 0.4) is 0 Å². The molecule has 0 aliphatic rings. The third-order valence-electron chi connectivity index (χ3n) is 5.01. The molecule has 0 fully saturated rings. The lowest BCUT2D eigenvalue weighted by Gasteiger charge is -2.26. The van der Waals surface area contributed by atoms with Crippen molar-refractivity contribution in [2.24, 2.45) is 5.92 Å². The van der Waals surface area contributed by atoms with Gasteiger partial charge in [0, 0.05) is 28.7 Å². The second kappa shape index (κ2) is 10.2. The summed E-state index contributed by atoms with van der Waals surface area (Å²) in [7, 11) is 0. The number of benzene rings is 1. The largest absolute Gasteiger partial charge is 0.322 e. The van der Waals surface area contributed by atoms with Gasteiger partial charge in [-0.25, -0.2) is 9.48 Å². The highest BCUT2D eigenvalue weighted by Crippen LogP contribution is 2.28. The van der Waals surface area contributed by atoms with Gasteiger partial charge in [-0.15, -0.1) is 0 Å². The number of halogens is 1. The summed E-state index contributed by atoms with van der Waals surface area (Å²) in [4.78, 5) is 27.5. The number of hydrogen-bond donors (Lipinski definition) is 2. The van der Waals surface area contributed by atoms with E-state index in [2.05, 4.69) is 31.4 Å². The van der Waals surface area contributed by atoms with E-state index in [1.54, 1.807) is 12.1 Å². The first kappa shape index (κ1) is 26.7. The fraction of sp³-hybridized carbons (Fsp3) is 0.560. The number of hydrogen-bond acceptors (Lipinski definition) is 3. The summed E-state index contributed by atoms with van der Waals surface area (Å²) in [6.45, 7) is 18.6. The molecule has 3 amide bonds. The molecule has 1 heterocycles. The Morgan fingerprint density at radius 1 is 1.09 bits per heavy atom. The quantitative estimate of drug-likeness (QED) is 0.535. The molecule has 2 aromatic rings. The van der Waals surface area contributed by atoms with Crippen molar-refractivity contribution in [1.29, 1.82) is 0 Å². The minimum absolute atomic E-state index is 0.0796. The number of rotatable bonds is 6. The number of aryl methyl sites for hydroxylation is 1. The second-order valence-electron chi connectivity index (χ2n) is 11.0. The fourth-order valence-corrected chi connectivity index (χ4v) is 3.42. The van der Waals surface area contributed by atoms with Gasteiger partial charge in [-0.3, -0.25) is 4.79 Å². The van der Waals surface area contributed by atoms with Gasteiger partial charge in [0.2, 0.25) is 5.91 Å². The van der Waals surface area contributed by atoms with Crippen LogP contribution >= 0.6 is 11.6 Å². The molecular formula is C25H38ClN5O2. The van der Waals surface area contributed by atoms with Crippen molar-refractivity contribution in [2.45, 2.75) is 73.3 Å².